The highest BCUT2D eigenvalue weighted by Gasteiger charge is 2.25. The standard InChI is InChI=1S/C25H27NO6S/c1-4-18-14-22(27)31-20-12-16(2)13-21(23(18)20)32-24(28)19(10-11-33-3)26-25(29)30-15-17-8-6-5-7-9-17/h5-9,12-14,19H,4,10-11,15H2,1-3H3,(H,26,29)/t19-/m1/s1. The van der Waals surface area contributed by atoms with E-state index in [4.69, 9.17) is 13.9 Å². The van der Waals surface area contributed by atoms with Crippen molar-refractivity contribution in [1.82, 2.24) is 5.32 Å². The van der Waals surface area contributed by atoms with Gasteiger partial charge in [-0.2, -0.15) is 11.8 Å². The number of carbonyl (C=O) groups excluding carboxylic acids is 2. The molecule has 0 aliphatic rings. The Morgan fingerprint density at radius 2 is 1.91 bits per heavy atom. The Morgan fingerprint density at radius 1 is 1.15 bits per heavy atom. The number of aryl methyl sites for hydroxylation is 2. The molecule has 1 amide bonds. The van der Waals surface area contributed by atoms with Crippen LogP contribution in [0.15, 0.2) is 57.7 Å². The van der Waals surface area contributed by atoms with Gasteiger partial charge in [0, 0.05) is 6.07 Å². The third-order valence-corrected chi connectivity index (χ3v) is 5.67. The molecule has 2 aromatic carbocycles. The second-order valence-electron chi connectivity index (χ2n) is 7.54. The maximum Gasteiger partial charge on any atom is 0.408 e. The van der Waals surface area contributed by atoms with Gasteiger partial charge in [-0.15, -0.1) is 0 Å². The maximum absolute atomic E-state index is 13.1. The Kier molecular flexibility index (Phi) is 8.54. The molecule has 3 aromatic rings. The quantitative estimate of drug-likeness (QED) is 0.278. The van der Waals surface area contributed by atoms with Gasteiger partial charge >= 0.3 is 17.7 Å². The number of benzene rings is 2. The highest BCUT2D eigenvalue weighted by atomic mass is 32.2. The van der Waals surface area contributed by atoms with Crippen molar-refractivity contribution < 1.29 is 23.5 Å². The van der Waals surface area contributed by atoms with Crippen LogP contribution in [0, 0.1) is 6.92 Å². The number of esters is 1. The van der Waals surface area contributed by atoms with Gasteiger partial charge in [0.25, 0.3) is 0 Å². The number of amides is 1. The normalized spacial score (nSPS) is 11.7. The molecule has 0 unspecified atom stereocenters. The van der Waals surface area contributed by atoms with E-state index in [0.717, 1.165) is 16.7 Å². The molecule has 7 nitrogen and oxygen atoms in total. The van der Waals surface area contributed by atoms with Crippen LogP contribution in [0.4, 0.5) is 4.79 Å². The molecular weight excluding hydrogens is 442 g/mol. The van der Waals surface area contributed by atoms with Crippen LogP contribution >= 0.6 is 11.8 Å². The third-order valence-electron chi connectivity index (χ3n) is 5.03. The molecule has 8 heteroatoms. The number of ether oxygens (including phenoxy) is 2. The van der Waals surface area contributed by atoms with Crippen LogP contribution in [0.1, 0.15) is 30.0 Å². The fourth-order valence-electron chi connectivity index (χ4n) is 3.40. The molecule has 33 heavy (non-hydrogen) atoms. The van der Waals surface area contributed by atoms with Crippen molar-refractivity contribution in [2.45, 2.75) is 39.3 Å². The van der Waals surface area contributed by atoms with E-state index in [1.165, 1.54) is 6.07 Å². The first-order valence-corrected chi connectivity index (χ1v) is 12.1. The predicted octanol–water partition coefficient (Wildman–Crippen LogP) is 4.62. The number of thioether (sulfide) groups is 1. The van der Waals surface area contributed by atoms with Crippen LogP contribution in [-0.2, 0) is 22.6 Å². The highest BCUT2D eigenvalue weighted by molar-refractivity contribution is 7.98. The van der Waals surface area contributed by atoms with Gasteiger partial charge in [0.2, 0.25) is 0 Å². The fraction of sp³-hybridized carbons (Fsp3) is 0.320. The zero-order chi connectivity index (χ0) is 23.8. The number of carbonyl (C=O) groups is 2. The number of hydrogen-bond donors (Lipinski definition) is 1. The Morgan fingerprint density at radius 3 is 2.61 bits per heavy atom. The highest BCUT2D eigenvalue weighted by Crippen LogP contribution is 2.30. The maximum atomic E-state index is 13.1. The molecule has 0 bridgehead atoms. The van der Waals surface area contributed by atoms with Crippen molar-refractivity contribution in [2.24, 2.45) is 0 Å². The Bertz CT molecular complexity index is 1170. The van der Waals surface area contributed by atoms with Gasteiger partial charge < -0.3 is 19.2 Å². The fourth-order valence-corrected chi connectivity index (χ4v) is 3.87. The van der Waals surface area contributed by atoms with Crippen LogP contribution in [0.3, 0.4) is 0 Å². The molecule has 0 saturated heterocycles. The number of hydrogen-bond acceptors (Lipinski definition) is 7. The summed E-state index contributed by atoms with van der Waals surface area (Å²) in [4.78, 5) is 37.3. The first-order chi connectivity index (χ1) is 15.9. The van der Waals surface area contributed by atoms with Crippen molar-refractivity contribution in [3.8, 4) is 5.75 Å². The smallest absolute Gasteiger partial charge is 0.408 e. The summed E-state index contributed by atoms with van der Waals surface area (Å²) in [5.41, 5.74) is 2.24. The Labute approximate surface area is 196 Å². The van der Waals surface area contributed by atoms with Gasteiger partial charge in [0.15, 0.2) is 0 Å². The van der Waals surface area contributed by atoms with Gasteiger partial charge in [-0.1, -0.05) is 37.3 Å². The first kappa shape index (κ1) is 24.4. The van der Waals surface area contributed by atoms with E-state index >= 15 is 0 Å². The van der Waals surface area contributed by atoms with Gasteiger partial charge in [0.05, 0.1) is 5.39 Å². The zero-order valence-electron chi connectivity index (χ0n) is 18.9. The topological polar surface area (TPSA) is 94.8 Å². The van der Waals surface area contributed by atoms with Gasteiger partial charge in [-0.3, -0.25) is 0 Å². The van der Waals surface area contributed by atoms with Crippen LogP contribution in [0.2, 0.25) is 0 Å². The van der Waals surface area contributed by atoms with Crippen LogP contribution in [0.25, 0.3) is 11.0 Å². The SMILES string of the molecule is CCc1cc(=O)oc2cc(C)cc(OC(=O)[C@@H](CCSC)NC(=O)OCc3ccccc3)c12. The zero-order valence-corrected chi connectivity index (χ0v) is 19.7. The summed E-state index contributed by atoms with van der Waals surface area (Å²) < 4.78 is 16.3. The molecular formula is C25H27NO6S. The third kappa shape index (κ3) is 6.61. The van der Waals surface area contributed by atoms with E-state index in [1.54, 1.807) is 23.9 Å². The van der Waals surface area contributed by atoms with Crippen molar-refractivity contribution in [2.75, 3.05) is 12.0 Å². The second kappa shape index (κ2) is 11.6. The van der Waals surface area contributed by atoms with Crippen LogP contribution < -0.4 is 15.7 Å². The van der Waals surface area contributed by atoms with E-state index < -0.39 is 23.7 Å². The summed E-state index contributed by atoms with van der Waals surface area (Å²) in [5.74, 6) is 0.327. The molecule has 0 spiro atoms. The molecule has 0 aliphatic carbocycles. The molecule has 0 aliphatic heterocycles. The minimum absolute atomic E-state index is 0.0956. The summed E-state index contributed by atoms with van der Waals surface area (Å²) >= 11 is 1.55. The molecule has 0 fully saturated rings. The molecule has 0 saturated carbocycles. The lowest BCUT2D eigenvalue weighted by atomic mass is 10.0. The predicted molar refractivity (Wildman–Crippen MR) is 129 cm³/mol. The first-order valence-electron chi connectivity index (χ1n) is 10.7. The Hall–Kier alpha value is -3.26. The average Bonchev–Trinajstić information content (AvgIpc) is 2.79. The van der Waals surface area contributed by atoms with E-state index in [0.29, 0.717) is 35.3 Å². The molecule has 0 radical (unpaired) electrons. The van der Waals surface area contributed by atoms with Crippen molar-refractivity contribution in [3.63, 3.8) is 0 Å². The number of fused-ring (bicyclic) bond motifs is 1. The molecule has 1 aromatic heterocycles. The largest absolute Gasteiger partial charge is 0.445 e. The molecule has 3 rings (SSSR count). The van der Waals surface area contributed by atoms with E-state index in [9.17, 15) is 14.4 Å². The number of rotatable bonds is 9. The van der Waals surface area contributed by atoms with E-state index in [2.05, 4.69) is 5.32 Å². The summed E-state index contributed by atoms with van der Waals surface area (Å²) in [6, 6.07) is 13.2. The molecule has 1 heterocycles. The average molecular weight is 470 g/mol. The minimum Gasteiger partial charge on any atom is -0.445 e. The second-order valence-corrected chi connectivity index (χ2v) is 8.53. The lowest BCUT2D eigenvalue weighted by Gasteiger charge is -2.18. The minimum atomic E-state index is -0.892. The summed E-state index contributed by atoms with van der Waals surface area (Å²) in [7, 11) is 0. The van der Waals surface area contributed by atoms with Gasteiger partial charge in [0.1, 0.15) is 24.0 Å². The van der Waals surface area contributed by atoms with E-state index in [1.807, 2.05) is 50.4 Å². The Balaban J connectivity index is 1.79. The summed E-state index contributed by atoms with van der Waals surface area (Å²) in [5, 5.41) is 3.20. The lowest BCUT2D eigenvalue weighted by Crippen LogP contribution is -2.43. The molecule has 174 valence electrons. The number of alkyl carbamates (subject to hydrolysis) is 1. The van der Waals surface area contributed by atoms with Gasteiger partial charge in [-0.05, 0) is 60.6 Å². The molecule has 1 atom stereocenters. The monoisotopic (exact) mass is 469 g/mol. The summed E-state index contributed by atoms with van der Waals surface area (Å²) in [6.07, 6.45) is 2.16. The number of nitrogens with one attached hydrogen (secondary N) is 1. The van der Waals surface area contributed by atoms with Crippen molar-refractivity contribution >= 4 is 34.8 Å². The van der Waals surface area contributed by atoms with Gasteiger partial charge in [-0.25, -0.2) is 14.4 Å². The summed E-state index contributed by atoms with van der Waals surface area (Å²) in [6.45, 7) is 3.82. The lowest BCUT2D eigenvalue weighted by molar-refractivity contribution is -0.136. The van der Waals surface area contributed by atoms with Crippen LogP contribution in [0.5, 0.6) is 5.75 Å². The molecule has 1 N–H and O–H groups in total. The van der Waals surface area contributed by atoms with E-state index in [-0.39, 0.29) is 6.61 Å². The van der Waals surface area contributed by atoms with Crippen molar-refractivity contribution in [1.29, 1.82) is 0 Å². The van der Waals surface area contributed by atoms with Crippen molar-refractivity contribution in [3.05, 3.63) is 75.6 Å². The van der Waals surface area contributed by atoms with Crippen LogP contribution in [-0.4, -0.2) is 30.1 Å².